The molecule has 0 unspecified atom stereocenters. The van der Waals surface area contributed by atoms with Crippen LogP contribution < -0.4 is 9.64 Å². The molecule has 0 spiro atoms. The summed E-state index contributed by atoms with van der Waals surface area (Å²) in [5.74, 6) is -0.445. The third-order valence-electron chi connectivity index (χ3n) is 5.13. The Balaban J connectivity index is 2.06. The highest BCUT2D eigenvalue weighted by molar-refractivity contribution is 7.90. The van der Waals surface area contributed by atoms with Crippen LogP contribution in [-0.4, -0.2) is 27.6 Å². The lowest BCUT2D eigenvalue weighted by atomic mass is 9.86. The fourth-order valence-electron chi connectivity index (χ4n) is 3.15. The molecule has 0 bridgehead atoms. The van der Waals surface area contributed by atoms with Crippen molar-refractivity contribution in [3.63, 3.8) is 0 Å². The molecule has 0 aliphatic carbocycles. The zero-order chi connectivity index (χ0) is 24.6. The number of amides is 1. The molecule has 174 valence electrons. The van der Waals surface area contributed by atoms with Gasteiger partial charge in [-0.15, -0.1) is 0 Å². The summed E-state index contributed by atoms with van der Waals surface area (Å²) < 4.78 is 43.3. The molecule has 0 radical (unpaired) electrons. The minimum absolute atomic E-state index is 0.0729. The number of nitrogens with zero attached hydrogens (tertiary/aromatic N) is 1. The van der Waals surface area contributed by atoms with Gasteiger partial charge in [-0.25, -0.2) is 12.8 Å². The number of benzene rings is 3. The van der Waals surface area contributed by atoms with Crippen LogP contribution in [0.4, 0.5) is 10.1 Å². The van der Waals surface area contributed by atoms with Crippen molar-refractivity contribution in [3.05, 3.63) is 82.6 Å². The van der Waals surface area contributed by atoms with Gasteiger partial charge in [0, 0.05) is 19.0 Å². The summed E-state index contributed by atoms with van der Waals surface area (Å²) in [4.78, 5) is 14.9. The zero-order valence-corrected chi connectivity index (χ0v) is 20.6. The smallest absolute Gasteiger partial charge is 0.261 e. The van der Waals surface area contributed by atoms with Crippen LogP contribution in [0, 0.1) is 5.82 Å². The second-order valence-electron chi connectivity index (χ2n) is 8.77. The number of hydrogen-bond donors (Lipinski definition) is 0. The molecular weight excluding hydrogens is 465 g/mol. The van der Waals surface area contributed by atoms with E-state index in [1.54, 1.807) is 31.3 Å². The maximum absolute atomic E-state index is 13.5. The first kappa shape index (κ1) is 24.7. The normalized spacial score (nSPS) is 11.8. The molecule has 0 aliphatic heterocycles. The van der Waals surface area contributed by atoms with E-state index in [0.29, 0.717) is 5.69 Å². The summed E-state index contributed by atoms with van der Waals surface area (Å²) in [6, 6.07) is 15.1. The lowest BCUT2D eigenvalue weighted by Gasteiger charge is -2.23. The van der Waals surface area contributed by atoms with Crippen LogP contribution in [0.15, 0.2) is 65.6 Å². The van der Waals surface area contributed by atoms with Crippen LogP contribution in [0.1, 0.15) is 36.7 Å². The van der Waals surface area contributed by atoms with Gasteiger partial charge in [0.1, 0.15) is 17.3 Å². The number of carbonyl (C=O) groups excluding carboxylic acids is 1. The molecule has 0 atom stereocenters. The van der Waals surface area contributed by atoms with Gasteiger partial charge < -0.3 is 9.64 Å². The summed E-state index contributed by atoms with van der Waals surface area (Å²) in [5.41, 5.74) is 1.36. The minimum Gasteiger partial charge on any atom is -0.455 e. The SMILES string of the molecule is CN(C(=O)c1ccc(C(C)(C)C)cc1Oc1ccc(F)cc1Cl)c1cccc(S(C)(=O)=O)c1. The lowest BCUT2D eigenvalue weighted by molar-refractivity contribution is 0.0990. The molecule has 3 aromatic rings. The Morgan fingerprint density at radius 3 is 2.30 bits per heavy atom. The van der Waals surface area contributed by atoms with Gasteiger partial charge >= 0.3 is 0 Å². The topological polar surface area (TPSA) is 63.7 Å². The van der Waals surface area contributed by atoms with Gasteiger partial charge in [-0.05, 0) is 59.5 Å². The van der Waals surface area contributed by atoms with E-state index in [1.807, 2.05) is 26.8 Å². The Hall–Kier alpha value is -2.90. The van der Waals surface area contributed by atoms with Crippen LogP contribution in [0.5, 0.6) is 11.5 Å². The summed E-state index contributed by atoms with van der Waals surface area (Å²) in [5, 5.41) is 0.0729. The number of halogens is 2. The van der Waals surface area contributed by atoms with Gasteiger partial charge in [0.25, 0.3) is 5.91 Å². The van der Waals surface area contributed by atoms with E-state index in [-0.39, 0.29) is 32.4 Å². The Kier molecular flexibility index (Phi) is 6.86. The van der Waals surface area contributed by atoms with E-state index in [9.17, 15) is 17.6 Å². The van der Waals surface area contributed by atoms with E-state index in [0.717, 1.165) is 17.9 Å². The second kappa shape index (κ2) is 9.15. The summed E-state index contributed by atoms with van der Waals surface area (Å²) in [6.07, 6.45) is 1.11. The molecule has 3 rings (SSSR count). The quantitative estimate of drug-likeness (QED) is 0.425. The average Bonchev–Trinajstić information content (AvgIpc) is 2.73. The van der Waals surface area contributed by atoms with Crippen molar-refractivity contribution in [2.45, 2.75) is 31.1 Å². The summed E-state index contributed by atoms with van der Waals surface area (Å²) in [7, 11) is -1.88. The molecule has 0 saturated heterocycles. The lowest BCUT2D eigenvalue weighted by Crippen LogP contribution is -2.27. The number of sulfone groups is 1. The molecular formula is C25H25ClFNO4S. The largest absolute Gasteiger partial charge is 0.455 e. The van der Waals surface area contributed by atoms with Crippen LogP contribution in [-0.2, 0) is 15.3 Å². The van der Waals surface area contributed by atoms with Crippen LogP contribution >= 0.6 is 11.6 Å². The molecule has 3 aromatic carbocycles. The second-order valence-corrected chi connectivity index (χ2v) is 11.2. The molecule has 1 amide bonds. The molecule has 0 fully saturated rings. The van der Waals surface area contributed by atoms with Crippen molar-refractivity contribution in [1.82, 2.24) is 0 Å². The maximum atomic E-state index is 13.5. The fourth-order valence-corrected chi connectivity index (χ4v) is 4.01. The van der Waals surface area contributed by atoms with E-state index in [2.05, 4.69) is 0 Å². The first-order valence-corrected chi connectivity index (χ1v) is 12.4. The Morgan fingerprint density at radius 1 is 1.00 bits per heavy atom. The van der Waals surface area contributed by atoms with Crippen molar-refractivity contribution in [1.29, 1.82) is 0 Å². The predicted octanol–water partition coefficient (Wildman–Crippen LogP) is 6.25. The first-order chi connectivity index (χ1) is 15.3. The van der Waals surface area contributed by atoms with Gasteiger partial charge in [-0.1, -0.05) is 44.5 Å². The highest BCUT2D eigenvalue weighted by Gasteiger charge is 2.23. The van der Waals surface area contributed by atoms with Crippen molar-refractivity contribution < 1.29 is 22.3 Å². The maximum Gasteiger partial charge on any atom is 0.261 e. The van der Waals surface area contributed by atoms with Crippen LogP contribution in [0.3, 0.4) is 0 Å². The predicted molar refractivity (Wildman–Crippen MR) is 129 cm³/mol. The van der Waals surface area contributed by atoms with Gasteiger partial charge in [0.15, 0.2) is 9.84 Å². The standard InChI is InChI=1S/C25H25ClFNO4S/c1-25(2,3)16-9-11-20(23(13-16)32-22-12-10-17(27)14-21(22)26)24(29)28(4)18-7-6-8-19(15-18)33(5,30)31/h6-15H,1-5H3. The Morgan fingerprint density at radius 2 is 1.70 bits per heavy atom. The fraction of sp³-hybridized carbons (Fsp3) is 0.240. The molecule has 33 heavy (non-hydrogen) atoms. The molecule has 8 heteroatoms. The molecule has 0 aliphatic rings. The van der Waals surface area contributed by atoms with Crippen LogP contribution in [0.2, 0.25) is 5.02 Å². The van der Waals surface area contributed by atoms with E-state index < -0.39 is 21.6 Å². The number of hydrogen-bond acceptors (Lipinski definition) is 4. The van der Waals surface area contributed by atoms with Crippen molar-refractivity contribution in [2.24, 2.45) is 0 Å². The van der Waals surface area contributed by atoms with Gasteiger partial charge in [-0.3, -0.25) is 4.79 Å². The van der Waals surface area contributed by atoms with Gasteiger partial charge in [0.2, 0.25) is 0 Å². The first-order valence-electron chi connectivity index (χ1n) is 10.1. The van der Waals surface area contributed by atoms with Crippen molar-refractivity contribution >= 4 is 33.0 Å². The third-order valence-corrected chi connectivity index (χ3v) is 6.54. The third kappa shape index (κ3) is 5.72. The van der Waals surface area contributed by atoms with E-state index in [1.165, 1.54) is 29.2 Å². The van der Waals surface area contributed by atoms with Crippen molar-refractivity contribution in [2.75, 3.05) is 18.2 Å². The molecule has 0 saturated carbocycles. The van der Waals surface area contributed by atoms with E-state index >= 15 is 0 Å². The summed E-state index contributed by atoms with van der Waals surface area (Å²) >= 11 is 6.14. The van der Waals surface area contributed by atoms with Crippen molar-refractivity contribution in [3.8, 4) is 11.5 Å². The molecule has 0 N–H and O–H groups in total. The zero-order valence-electron chi connectivity index (χ0n) is 19.0. The average molecular weight is 490 g/mol. The molecule has 0 heterocycles. The molecule has 0 aromatic heterocycles. The summed E-state index contributed by atoms with van der Waals surface area (Å²) in [6.45, 7) is 6.09. The van der Waals surface area contributed by atoms with Gasteiger partial charge in [0.05, 0.1) is 15.5 Å². The monoisotopic (exact) mass is 489 g/mol. The van der Waals surface area contributed by atoms with Gasteiger partial charge in [-0.2, -0.15) is 0 Å². The number of ether oxygens (including phenoxy) is 1. The number of rotatable bonds is 5. The highest BCUT2D eigenvalue weighted by Crippen LogP contribution is 2.36. The Bertz CT molecular complexity index is 1320. The van der Waals surface area contributed by atoms with Crippen LogP contribution in [0.25, 0.3) is 0 Å². The minimum atomic E-state index is -3.44. The number of anilines is 1. The highest BCUT2D eigenvalue weighted by atomic mass is 35.5. The van der Waals surface area contributed by atoms with E-state index in [4.69, 9.17) is 16.3 Å². The number of carbonyl (C=O) groups is 1. The molecule has 5 nitrogen and oxygen atoms in total. The Labute approximate surface area is 198 Å².